The van der Waals surface area contributed by atoms with Crippen molar-refractivity contribution in [3.05, 3.63) is 24.3 Å². The Balaban J connectivity index is 1.97. The summed E-state index contributed by atoms with van der Waals surface area (Å²) < 4.78 is 53.6. The molecule has 0 bridgehead atoms. The maximum atomic E-state index is 12.6. The van der Waals surface area contributed by atoms with Gasteiger partial charge in [0.1, 0.15) is 5.60 Å². The molecule has 11 heteroatoms. The Morgan fingerprint density at radius 3 is 2.38 bits per heavy atom. The van der Waals surface area contributed by atoms with E-state index in [9.17, 15) is 26.8 Å². The van der Waals surface area contributed by atoms with Gasteiger partial charge in [-0.05, 0) is 71.3 Å². The maximum Gasteiger partial charge on any atom is 0.407 e. The number of hydrogen-bond acceptors (Lipinski definition) is 6. The molecule has 1 aromatic rings. The molecule has 2 rings (SSSR count). The van der Waals surface area contributed by atoms with Crippen LogP contribution in [0.3, 0.4) is 0 Å². The van der Waals surface area contributed by atoms with Crippen LogP contribution < -0.4 is 10.6 Å². The summed E-state index contributed by atoms with van der Waals surface area (Å²) in [5, 5.41) is 5.49. The van der Waals surface area contributed by atoms with E-state index >= 15 is 0 Å². The second kappa shape index (κ2) is 10.6. The van der Waals surface area contributed by atoms with Gasteiger partial charge < -0.3 is 15.4 Å². The molecule has 0 aromatic heterocycles. The minimum absolute atomic E-state index is 0.0550. The summed E-state index contributed by atoms with van der Waals surface area (Å²) in [6.07, 6.45) is 2.19. The number of sulfone groups is 1. The van der Waals surface area contributed by atoms with E-state index in [-0.39, 0.29) is 24.5 Å². The van der Waals surface area contributed by atoms with Crippen molar-refractivity contribution < 1.29 is 31.5 Å². The van der Waals surface area contributed by atoms with E-state index in [1.54, 1.807) is 20.8 Å². The van der Waals surface area contributed by atoms with Gasteiger partial charge in [-0.1, -0.05) is 6.42 Å². The van der Waals surface area contributed by atoms with Crippen LogP contribution >= 0.6 is 0 Å². The fourth-order valence-corrected chi connectivity index (χ4v) is 4.31. The molecule has 1 aliphatic rings. The third kappa shape index (κ3) is 7.40. The van der Waals surface area contributed by atoms with Crippen molar-refractivity contribution in [2.24, 2.45) is 0 Å². The minimum atomic E-state index is -4.68. The molecule has 0 spiro atoms. The molecule has 1 fully saturated rings. The molecular formula is C21H31F2N3O5S. The molecule has 32 heavy (non-hydrogen) atoms. The molecular weight excluding hydrogens is 444 g/mol. The van der Waals surface area contributed by atoms with Crippen LogP contribution in [0.4, 0.5) is 19.3 Å². The number of piperidine rings is 1. The number of ether oxygens (including phenoxy) is 1. The second-order valence-corrected chi connectivity index (χ2v) is 10.8. The number of benzene rings is 1. The third-order valence-electron chi connectivity index (χ3n) is 5.03. The first kappa shape index (κ1) is 26.0. The number of carbonyl (C=O) groups is 2. The standard InChI is InChI=1S/C21H31F2N3O5S/c1-14(24-20(28)31-21(2,3)4)17-7-5-6-12-26(17)13-18(27)25-15-8-10-16(11-9-15)32(29,30)19(22)23/h8-11,14,17,19H,5-7,12-13H2,1-4H3,(H,24,28)(H,25,27)/t14-,17+/m1/s1. The summed E-state index contributed by atoms with van der Waals surface area (Å²) in [5.41, 5.74) is -0.308. The average molecular weight is 476 g/mol. The Labute approximate surface area is 187 Å². The van der Waals surface area contributed by atoms with Gasteiger partial charge in [0.2, 0.25) is 15.7 Å². The van der Waals surface area contributed by atoms with E-state index in [1.165, 1.54) is 12.1 Å². The molecule has 180 valence electrons. The summed E-state index contributed by atoms with van der Waals surface area (Å²) in [6, 6.07) is 4.32. The normalized spacial score (nSPS) is 18.8. The maximum absolute atomic E-state index is 12.6. The largest absolute Gasteiger partial charge is 0.444 e. The first-order valence-electron chi connectivity index (χ1n) is 10.4. The van der Waals surface area contributed by atoms with Crippen molar-refractivity contribution in [2.45, 2.75) is 75.3 Å². The van der Waals surface area contributed by atoms with Gasteiger partial charge in [-0.15, -0.1) is 0 Å². The van der Waals surface area contributed by atoms with Crippen molar-refractivity contribution in [2.75, 3.05) is 18.4 Å². The molecule has 0 saturated carbocycles. The molecule has 1 heterocycles. The van der Waals surface area contributed by atoms with Crippen molar-refractivity contribution in [1.29, 1.82) is 0 Å². The number of hydrogen-bond donors (Lipinski definition) is 2. The Kier molecular flexibility index (Phi) is 8.58. The summed E-state index contributed by atoms with van der Waals surface area (Å²) in [7, 11) is -4.68. The number of alkyl carbamates (subject to hydrolysis) is 1. The number of anilines is 1. The molecule has 1 saturated heterocycles. The van der Waals surface area contributed by atoms with Crippen LogP contribution in [-0.4, -0.2) is 61.8 Å². The lowest BCUT2D eigenvalue weighted by molar-refractivity contribution is -0.118. The van der Waals surface area contributed by atoms with Crippen molar-refractivity contribution in [1.82, 2.24) is 10.2 Å². The van der Waals surface area contributed by atoms with E-state index in [0.717, 1.165) is 31.4 Å². The Hall–Kier alpha value is -2.27. The number of nitrogens with one attached hydrogen (secondary N) is 2. The first-order chi connectivity index (χ1) is 14.8. The Morgan fingerprint density at radius 1 is 1.19 bits per heavy atom. The number of halogens is 2. The zero-order valence-electron chi connectivity index (χ0n) is 18.7. The van der Waals surface area contributed by atoms with E-state index < -0.39 is 32.2 Å². The van der Waals surface area contributed by atoms with E-state index in [1.807, 2.05) is 11.8 Å². The topological polar surface area (TPSA) is 105 Å². The molecule has 0 aliphatic carbocycles. The van der Waals surface area contributed by atoms with Crippen molar-refractivity contribution in [3.63, 3.8) is 0 Å². The van der Waals surface area contributed by atoms with Gasteiger partial charge >= 0.3 is 11.9 Å². The Bertz CT molecular complexity index is 901. The summed E-state index contributed by atoms with van der Waals surface area (Å²) in [5.74, 6) is -3.83. The smallest absolute Gasteiger partial charge is 0.407 e. The lowest BCUT2D eigenvalue weighted by atomic mass is 9.96. The quantitative estimate of drug-likeness (QED) is 0.626. The minimum Gasteiger partial charge on any atom is -0.444 e. The lowest BCUT2D eigenvalue weighted by Crippen LogP contribution is -2.54. The number of likely N-dealkylation sites (tertiary alicyclic amines) is 1. The van der Waals surface area contributed by atoms with Crippen molar-refractivity contribution >= 4 is 27.5 Å². The molecule has 8 nitrogen and oxygen atoms in total. The van der Waals surface area contributed by atoms with E-state index in [2.05, 4.69) is 10.6 Å². The molecule has 0 unspecified atom stereocenters. The molecule has 2 atom stereocenters. The van der Waals surface area contributed by atoms with Crippen molar-refractivity contribution in [3.8, 4) is 0 Å². The predicted octanol–water partition coefficient (Wildman–Crippen LogP) is 3.39. The highest BCUT2D eigenvalue weighted by Crippen LogP contribution is 2.22. The summed E-state index contributed by atoms with van der Waals surface area (Å²) in [6.45, 7) is 7.97. The van der Waals surface area contributed by atoms with Gasteiger partial charge in [-0.3, -0.25) is 9.69 Å². The number of nitrogens with zero attached hydrogens (tertiary/aromatic N) is 1. The number of amides is 2. The average Bonchev–Trinajstić information content (AvgIpc) is 2.67. The first-order valence-corrected chi connectivity index (χ1v) is 12.0. The molecule has 1 aliphatic heterocycles. The van der Waals surface area contributed by atoms with Crippen LogP contribution in [0.5, 0.6) is 0 Å². The van der Waals surface area contributed by atoms with Gasteiger partial charge in [0.05, 0.1) is 11.4 Å². The lowest BCUT2D eigenvalue weighted by Gasteiger charge is -2.39. The number of rotatable bonds is 7. The van der Waals surface area contributed by atoms with Crippen LogP contribution in [0.1, 0.15) is 47.0 Å². The highest BCUT2D eigenvalue weighted by molar-refractivity contribution is 7.91. The highest BCUT2D eigenvalue weighted by atomic mass is 32.2. The molecule has 2 N–H and O–H groups in total. The molecule has 0 radical (unpaired) electrons. The predicted molar refractivity (Wildman–Crippen MR) is 116 cm³/mol. The number of alkyl halides is 2. The number of carbonyl (C=O) groups excluding carboxylic acids is 2. The van der Waals surface area contributed by atoms with Gasteiger partial charge in [0, 0.05) is 17.8 Å². The summed E-state index contributed by atoms with van der Waals surface area (Å²) >= 11 is 0. The van der Waals surface area contributed by atoms with E-state index in [0.29, 0.717) is 12.2 Å². The molecule has 1 aromatic carbocycles. The third-order valence-corrected chi connectivity index (χ3v) is 6.43. The van der Waals surface area contributed by atoms with Crippen LogP contribution in [0.25, 0.3) is 0 Å². The second-order valence-electron chi connectivity index (χ2n) is 8.85. The van der Waals surface area contributed by atoms with Gasteiger partial charge in [0.25, 0.3) is 0 Å². The zero-order chi connectivity index (χ0) is 24.1. The van der Waals surface area contributed by atoms with Gasteiger partial charge in [-0.25, -0.2) is 13.2 Å². The fourth-order valence-electron chi connectivity index (χ4n) is 3.58. The SMILES string of the molecule is C[C@@H](NC(=O)OC(C)(C)C)[C@@H]1CCCCN1CC(=O)Nc1ccc(S(=O)(=O)C(F)F)cc1. The van der Waals surface area contributed by atoms with Crippen LogP contribution in [-0.2, 0) is 19.4 Å². The zero-order valence-corrected chi connectivity index (χ0v) is 19.5. The van der Waals surface area contributed by atoms with Gasteiger partial charge in [0.15, 0.2) is 0 Å². The summed E-state index contributed by atoms with van der Waals surface area (Å²) in [4.78, 5) is 26.1. The van der Waals surface area contributed by atoms with E-state index in [4.69, 9.17) is 4.74 Å². The molecule has 2 amide bonds. The Morgan fingerprint density at radius 2 is 1.81 bits per heavy atom. The highest BCUT2D eigenvalue weighted by Gasteiger charge is 2.31. The van der Waals surface area contributed by atoms with Crippen LogP contribution in [0.2, 0.25) is 0 Å². The monoisotopic (exact) mass is 475 g/mol. The van der Waals surface area contributed by atoms with Gasteiger partial charge in [-0.2, -0.15) is 8.78 Å². The fraction of sp³-hybridized carbons (Fsp3) is 0.619. The van der Waals surface area contributed by atoms with Crippen LogP contribution in [0, 0.1) is 0 Å². The van der Waals surface area contributed by atoms with Crippen LogP contribution in [0.15, 0.2) is 29.2 Å².